The molecule has 0 atom stereocenters. The number of sulfone groups is 1. The van der Waals surface area contributed by atoms with Crippen molar-refractivity contribution in [2.24, 2.45) is 5.73 Å². The number of nitrogens with two attached hydrogens (primary N) is 1. The summed E-state index contributed by atoms with van der Waals surface area (Å²) < 4.78 is 70.8. The first-order valence-corrected chi connectivity index (χ1v) is 11.3. The van der Waals surface area contributed by atoms with Crippen molar-refractivity contribution in [1.82, 2.24) is 9.78 Å². The minimum absolute atomic E-state index is 0. The number of hydrogen-bond acceptors (Lipinski definition) is 5. The number of halogens is 4. The Hall–Kier alpha value is -3.08. The van der Waals surface area contributed by atoms with Crippen LogP contribution in [0.4, 0.5) is 13.2 Å². The van der Waals surface area contributed by atoms with E-state index in [2.05, 4.69) is 5.10 Å². The van der Waals surface area contributed by atoms with E-state index in [1.807, 2.05) is 0 Å². The van der Waals surface area contributed by atoms with Crippen molar-refractivity contribution in [2.75, 3.05) is 6.26 Å². The molecule has 0 spiro atoms. The van der Waals surface area contributed by atoms with Gasteiger partial charge in [0.15, 0.2) is 15.5 Å². The summed E-state index contributed by atoms with van der Waals surface area (Å²) in [5, 5.41) is 3.75. The molecular weight excluding hydrogens is 479 g/mol. The fourth-order valence-electron chi connectivity index (χ4n) is 3.39. The minimum atomic E-state index is -4.66. The average Bonchev–Trinajstić information content (AvgIpc) is 3.43. The molecular formula is C22H19ClF3N3O3S. The normalized spacial score (nSPS) is 11.9. The van der Waals surface area contributed by atoms with Crippen LogP contribution in [-0.4, -0.2) is 24.5 Å². The Kier molecular flexibility index (Phi) is 6.73. The molecule has 174 valence electrons. The van der Waals surface area contributed by atoms with Gasteiger partial charge in [-0.1, -0.05) is 24.3 Å². The van der Waals surface area contributed by atoms with Crippen LogP contribution >= 0.6 is 12.4 Å². The fourth-order valence-corrected chi connectivity index (χ4v) is 4.32. The lowest BCUT2D eigenvalue weighted by atomic mass is 10.1. The average molecular weight is 498 g/mol. The lowest BCUT2D eigenvalue weighted by Gasteiger charge is -2.12. The van der Waals surface area contributed by atoms with E-state index < -0.39 is 21.7 Å². The maximum atomic E-state index is 13.4. The predicted octanol–water partition coefficient (Wildman–Crippen LogP) is 5.10. The number of hydrogen-bond donors (Lipinski definition) is 1. The molecule has 2 aromatic heterocycles. The molecule has 0 amide bonds. The van der Waals surface area contributed by atoms with E-state index in [4.69, 9.17) is 10.2 Å². The highest BCUT2D eigenvalue weighted by molar-refractivity contribution is 7.90. The number of benzene rings is 2. The number of aromatic nitrogens is 2. The smallest absolute Gasteiger partial charge is 0.435 e. The van der Waals surface area contributed by atoms with Crippen LogP contribution in [0.1, 0.15) is 11.3 Å². The monoisotopic (exact) mass is 497 g/mol. The second-order valence-electron chi connectivity index (χ2n) is 7.15. The SMILES string of the molecule is CS(=O)(=O)c1ccc(-n2nc(C(F)(F)F)cc2-c2ccc(-c3ccco3)cc2)cc1CN.Cl. The van der Waals surface area contributed by atoms with E-state index in [1.54, 1.807) is 36.4 Å². The lowest BCUT2D eigenvalue weighted by molar-refractivity contribution is -0.141. The predicted molar refractivity (Wildman–Crippen MR) is 120 cm³/mol. The van der Waals surface area contributed by atoms with Crippen LogP contribution in [-0.2, 0) is 22.6 Å². The van der Waals surface area contributed by atoms with Gasteiger partial charge in [-0.05, 0) is 42.0 Å². The Morgan fingerprint density at radius 1 is 1.03 bits per heavy atom. The van der Waals surface area contributed by atoms with Gasteiger partial charge >= 0.3 is 6.18 Å². The zero-order valence-electron chi connectivity index (χ0n) is 17.2. The van der Waals surface area contributed by atoms with Gasteiger partial charge in [-0.15, -0.1) is 12.4 Å². The first kappa shape index (κ1) is 24.6. The molecule has 0 aliphatic rings. The molecule has 4 aromatic rings. The largest absolute Gasteiger partial charge is 0.464 e. The van der Waals surface area contributed by atoms with Gasteiger partial charge in [0.1, 0.15) is 5.76 Å². The summed E-state index contributed by atoms with van der Waals surface area (Å²) in [6.45, 7) is -0.100. The van der Waals surface area contributed by atoms with Crippen LogP contribution in [0.2, 0.25) is 0 Å². The second-order valence-corrected chi connectivity index (χ2v) is 9.13. The highest BCUT2D eigenvalue weighted by atomic mass is 35.5. The van der Waals surface area contributed by atoms with Gasteiger partial charge in [-0.2, -0.15) is 18.3 Å². The Morgan fingerprint density at radius 2 is 1.70 bits per heavy atom. The van der Waals surface area contributed by atoms with E-state index in [1.165, 1.54) is 24.5 Å². The Morgan fingerprint density at radius 3 is 2.24 bits per heavy atom. The second kappa shape index (κ2) is 9.05. The molecule has 2 heterocycles. The molecule has 6 nitrogen and oxygen atoms in total. The number of alkyl halides is 3. The molecule has 4 rings (SSSR count). The van der Waals surface area contributed by atoms with Crippen molar-refractivity contribution in [1.29, 1.82) is 0 Å². The van der Waals surface area contributed by atoms with Crippen molar-refractivity contribution < 1.29 is 26.0 Å². The molecule has 0 saturated carbocycles. The van der Waals surface area contributed by atoms with Gasteiger partial charge in [0.05, 0.1) is 22.5 Å². The van der Waals surface area contributed by atoms with Gasteiger partial charge < -0.3 is 10.2 Å². The Balaban J connectivity index is 0.00000306. The van der Waals surface area contributed by atoms with Crippen LogP contribution in [0.3, 0.4) is 0 Å². The number of rotatable bonds is 5. The van der Waals surface area contributed by atoms with Crippen molar-refractivity contribution in [3.8, 4) is 28.3 Å². The van der Waals surface area contributed by atoms with E-state index in [-0.39, 0.29) is 40.8 Å². The molecule has 0 aliphatic heterocycles. The highest BCUT2D eigenvalue weighted by Crippen LogP contribution is 2.34. The van der Waals surface area contributed by atoms with Gasteiger partial charge in [-0.25, -0.2) is 13.1 Å². The van der Waals surface area contributed by atoms with Gasteiger partial charge in [0.25, 0.3) is 0 Å². The minimum Gasteiger partial charge on any atom is -0.464 e. The van der Waals surface area contributed by atoms with E-state index in [9.17, 15) is 21.6 Å². The molecule has 0 aliphatic carbocycles. The van der Waals surface area contributed by atoms with Crippen LogP contribution in [0.5, 0.6) is 0 Å². The van der Waals surface area contributed by atoms with Gasteiger partial charge in [0.2, 0.25) is 0 Å². The lowest BCUT2D eigenvalue weighted by Crippen LogP contribution is -2.10. The summed E-state index contributed by atoms with van der Waals surface area (Å²) in [5.41, 5.74) is 6.63. The fraction of sp³-hybridized carbons (Fsp3) is 0.136. The topological polar surface area (TPSA) is 91.1 Å². The van der Waals surface area contributed by atoms with Gasteiger partial charge in [0, 0.05) is 23.9 Å². The summed E-state index contributed by atoms with van der Waals surface area (Å²) in [5.74, 6) is 0.630. The maximum Gasteiger partial charge on any atom is 0.435 e. The molecule has 0 saturated heterocycles. The number of furan rings is 1. The van der Waals surface area contributed by atoms with Crippen LogP contribution in [0.15, 0.2) is 76.2 Å². The van der Waals surface area contributed by atoms with Crippen LogP contribution < -0.4 is 5.73 Å². The quantitative estimate of drug-likeness (QED) is 0.414. The summed E-state index contributed by atoms with van der Waals surface area (Å²) in [7, 11) is -3.55. The summed E-state index contributed by atoms with van der Waals surface area (Å²) >= 11 is 0. The standard InChI is InChI=1S/C22H18F3N3O3S.ClH/c1-32(29,30)20-9-8-17(11-16(20)13-26)28-18(12-21(27-28)22(23,24)25)14-4-6-15(7-5-14)19-3-2-10-31-19;/h2-12H,13,26H2,1H3;1H. The molecule has 2 aromatic carbocycles. The third-order valence-corrected chi connectivity index (χ3v) is 6.09. The molecule has 0 radical (unpaired) electrons. The summed E-state index contributed by atoms with van der Waals surface area (Å²) in [6, 6.07) is 15.4. The zero-order valence-corrected chi connectivity index (χ0v) is 18.8. The molecule has 0 unspecified atom stereocenters. The Labute approximate surface area is 194 Å². The number of nitrogens with zero attached hydrogens (tertiary/aromatic N) is 2. The van der Waals surface area contributed by atoms with Crippen molar-refractivity contribution >= 4 is 22.2 Å². The summed E-state index contributed by atoms with van der Waals surface area (Å²) in [6.07, 6.45) is -2.08. The zero-order chi connectivity index (χ0) is 23.1. The highest BCUT2D eigenvalue weighted by Gasteiger charge is 2.35. The first-order valence-electron chi connectivity index (χ1n) is 9.43. The third-order valence-electron chi connectivity index (χ3n) is 4.89. The summed E-state index contributed by atoms with van der Waals surface area (Å²) in [4.78, 5) is 0.0244. The van der Waals surface area contributed by atoms with E-state index in [0.29, 0.717) is 11.3 Å². The van der Waals surface area contributed by atoms with Crippen molar-refractivity contribution in [3.63, 3.8) is 0 Å². The molecule has 2 N–H and O–H groups in total. The molecule has 0 fully saturated rings. The van der Waals surface area contributed by atoms with E-state index >= 15 is 0 Å². The molecule has 0 bridgehead atoms. The van der Waals surface area contributed by atoms with Crippen molar-refractivity contribution in [2.45, 2.75) is 17.6 Å². The first-order chi connectivity index (χ1) is 15.1. The molecule has 11 heteroatoms. The van der Waals surface area contributed by atoms with Crippen molar-refractivity contribution in [3.05, 3.63) is 78.2 Å². The Bertz CT molecular complexity index is 1360. The maximum absolute atomic E-state index is 13.4. The van der Waals surface area contributed by atoms with E-state index in [0.717, 1.165) is 22.6 Å². The molecule has 33 heavy (non-hydrogen) atoms. The third kappa shape index (κ3) is 4.97. The van der Waals surface area contributed by atoms with Gasteiger partial charge in [-0.3, -0.25) is 0 Å². The van der Waals surface area contributed by atoms with Crippen LogP contribution in [0, 0.1) is 0 Å². The van der Waals surface area contributed by atoms with Crippen LogP contribution in [0.25, 0.3) is 28.3 Å².